The normalized spacial score (nSPS) is 14.8. The van der Waals surface area contributed by atoms with Gasteiger partial charge >= 0.3 is 6.09 Å². The molecule has 2 amide bonds. The number of alkyl carbamates (subject to hydrolysis) is 1. The predicted octanol–water partition coefficient (Wildman–Crippen LogP) is 3.73. The molecule has 1 saturated heterocycles. The van der Waals surface area contributed by atoms with E-state index in [4.69, 9.17) is 4.74 Å². The van der Waals surface area contributed by atoms with E-state index in [1.165, 1.54) is 0 Å². The fraction of sp³-hybridized carbons (Fsp3) is 0.379. The van der Waals surface area contributed by atoms with Gasteiger partial charge in [-0.05, 0) is 32.4 Å². The van der Waals surface area contributed by atoms with Crippen LogP contribution in [0.2, 0.25) is 6.04 Å². The summed E-state index contributed by atoms with van der Waals surface area (Å²) in [6.07, 6.45) is 7.27. The number of nitrogens with one attached hydrogen (secondary N) is 1. The predicted molar refractivity (Wildman–Crippen MR) is 155 cm³/mol. The number of aryl methyl sites for hydroxylation is 1. The van der Waals surface area contributed by atoms with E-state index in [1.807, 2.05) is 92.4 Å². The summed E-state index contributed by atoms with van der Waals surface area (Å²) in [5, 5.41) is 11.8. The van der Waals surface area contributed by atoms with Crippen LogP contribution in [0.15, 0.2) is 67.3 Å². The number of hydrogen-bond donors (Lipinski definition) is 1. The van der Waals surface area contributed by atoms with Crippen LogP contribution < -0.4 is 10.2 Å². The molecule has 11 heteroatoms. The van der Waals surface area contributed by atoms with Gasteiger partial charge in [0.05, 0.1) is 33.1 Å². The van der Waals surface area contributed by atoms with E-state index in [2.05, 4.69) is 32.5 Å². The molecule has 4 heterocycles. The Hall–Kier alpha value is -4.12. The number of pyridine rings is 1. The average molecular weight is 558 g/mol. The smallest absolute Gasteiger partial charge is 0.407 e. The molecule has 4 aromatic rings. The molecular formula is C29H35N7O3Si. The van der Waals surface area contributed by atoms with Gasteiger partial charge in [0, 0.05) is 68.5 Å². The number of nitrogens with zero attached hydrogens (tertiary/aromatic N) is 6. The van der Waals surface area contributed by atoms with E-state index in [0.717, 1.165) is 41.0 Å². The van der Waals surface area contributed by atoms with Gasteiger partial charge in [-0.1, -0.05) is 36.4 Å². The fourth-order valence-electron chi connectivity index (χ4n) is 4.78. The van der Waals surface area contributed by atoms with E-state index in [1.54, 1.807) is 4.68 Å². The molecular weight excluding hydrogens is 522 g/mol. The molecule has 3 aromatic heterocycles. The van der Waals surface area contributed by atoms with E-state index >= 15 is 0 Å². The molecule has 1 aliphatic heterocycles. The minimum atomic E-state index is -0.591. The maximum Gasteiger partial charge on any atom is 0.407 e. The highest BCUT2D eigenvalue weighted by molar-refractivity contribution is 6.43. The Morgan fingerprint density at radius 3 is 2.40 bits per heavy atom. The van der Waals surface area contributed by atoms with Gasteiger partial charge in [0.2, 0.25) is 5.91 Å². The molecule has 0 spiro atoms. The number of rotatable bonds is 7. The lowest BCUT2D eigenvalue weighted by Gasteiger charge is -2.35. The number of benzene rings is 1. The zero-order valence-electron chi connectivity index (χ0n) is 23.4. The third-order valence-corrected chi connectivity index (χ3v) is 8.15. The van der Waals surface area contributed by atoms with Crippen molar-refractivity contribution in [2.75, 3.05) is 31.1 Å². The van der Waals surface area contributed by atoms with Crippen LogP contribution in [0.5, 0.6) is 0 Å². The highest BCUT2D eigenvalue weighted by atomic mass is 28.2. The summed E-state index contributed by atoms with van der Waals surface area (Å²) >= 11 is 0. The fourth-order valence-corrected chi connectivity index (χ4v) is 6.03. The Kier molecular flexibility index (Phi) is 7.92. The van der Waals surface area contributed by atoms with Crippen molar-refractivity contribution in [2.24, 2.45) is 7.05 Å². The molecule has 0 aliphatic carbocycles. The van der Waals surface area contributed by atoms with Gasteiger partial charge in [-0.2, -0.15) is 10.2 Å². The van der Waals surface area contributed by atoms with Crippen LogP contribution in [0.4, 0.5) is 10.5 Å². The Bertz CT molecular complexity index is 1470. The van der Waals surface area contributed by atoms with Crippen molar-refractivity contribution in [2.45, 2.75) is 38.1 Å². The van der Waals surface area contributed by atoms with E-state index < -0.39 is 11.7 Å². The SMILES string of the molecule is Cn1cc(-c2ccc3c(N4CCN(C(=O)C[Si][C@H](NC(=O)OC(C)(C)C)c5ccccc5)CC4)cnn3c2)cn1. The van der Waals surface area contributed by atoms with Crippen molar-refractivity contribution in [3.63, 3.8) is 0 Å². The molecule has 10 nitrogen and oxygen atoms in total. The van der Waals surface area contributed by atoms with Crippen LogP contribution in [-0.4, -0.2) is 77.6 Å². The van der Waals surface area contributed by atoms with Crippen molar-refractivity contribution in [3.05, 3.63) is 72.8 Å². The molecule has 1 N–H and O–H groups in total. The van der Waals surface area contributed by atoms with Crippen molar-refractivity contribution >= 4 is 32.7 Å². The standard InChI is InChI=1S/C29H35N7O3Si/c1-29(2,3)39-28(38)32-27(21-8-6-5-7-9-21)40-20-26(37)35-14-12-34(13-15-35)25-17-31-36-19-22(10-11-24(25)36)23-16-30-33(4)18-23/h5-11,16-19,27H,12-15,20H2,1-4H3,(H,32,38)/t27-/m0/s1. The number of amides is 2. The first-order valence-electron chi connectivity index (χ1n) is 13.4. The van der Waals surface area contributed by atoms with Gasteiger partial charge in [-0.25, -0.2) is 9.31 Å². The topological polar surface area (TPSA) is 97.0 Å². The monoisotopic (exact) mass is 557 g/mol. The third kappa shape index (κ3) is 6.53. The summed E-state index contributed by atoms with van der Waals surface area (Å²) in [4.78, 5) is 29.9. The summed E-state index contributed by atoms with van der Waals surface area (Å²) in [6, 6.07) is 14.3. The number of carbonyl (C=O) groups excluding carboxylic acids is 2. The minimum absolute atomic E-state index is 0.103. The van der Waals surface area contributed by atoms with Crippen molar-refractivity contribution in [3.8, 4) is 11.1 Å². The van der Waals surface area contributed by atoms with Crippen molar-refractivity contribution < 1.29 is 14.3 Å². The minimum Gasteiger partial charge on any atom is -0.444 e. The molecule has 1 fully saturated rings. The largest absolute Gasteiger partial charge is 0.444 e. The van der Waals surface area contributed by atoms with E-state index in [-0.39, 0.29) is 21.1 Å². The van der Waals surface area contributed by atoms with Crippen LogP contribution >= 0.6 is 0 Å². The van der Waals surface area contributed by atoms with Gasteiger partial charge in [-0.15, -0.1) is 0 Å². The highest BCUT2D eigenvalue weighted by Gasteiger charge is 2.26. The number of hydrogen-bond acceptors (Lipinski definition) is 6. The zero-order chi connectivity index (χ0) is 28.3. The maximum atomic E-state index is 13.2. The lowest BCUT2D eigenvalue weighted by molar-refractivity contribution is -0.129. The molecule has 0 saturated carbocycles. The molecule has 2 radical (unpaired) electrons. The number of aromatic nitrogens is 4. The number of carbonyl (C=O) groups is 2. The second-order valence-corrected chi connectivity index (χ2v) is 12.3. The lowest BCUT2D eigenvalue weighted by atomic mass is 10.1. The summed E-state index contributed by atoms with van der Waals surface area (Å²) in [7, 11) is 2.10. The zero-order valence-corrected chi connectivity index (χ0v) is 24.4. The summed E-state index contributed by atoms with van der Waals surface area (Å²) in [5.41, 5.74) is 4.30. The Morgan fingerprint density at radius 1 is 0.975 bits per heavy atom. The first kappa shape index (κ1) is 27.4. The molecule has 0 unspecified atom stereocenters. The number of fused-ring (bicyclic) bond motifs is 1. The lowest BCUT2D eigenvalue weighted by Crippen LogP contribution is -2.49. The molecule has 1 atom stereocenters. The van der Waals surface area contributed by atoms with Crippen LogP contribution in [0.3, 0.4) is 0 Å². The second kappa shape index (κ2) is 11.5. The first-order valence-corrected chi connectivity index (χ1v) is 14.7. The first-order chi connectivity index (χ1) is 19.2. The van der Waals surface area contributed by atoms with Gasteiger partial charge in [0.25, 0.3) is 0 Å². The molecule has 1 aromatic carbocycles. The summed E-state index contributed by atoms with van der Waals surface area (Å²) < 4.78 is 9.15. The molecule has 1 aliphatic rings. The van der Waals surface area contributed by atoms with Crippen molar-refractivity contribution in [1.82, 2.24) is 29.6 Å². The number of anilines is 1. The summed E-state index contributed by atoms with van der Waals surface area (Å²) in [5.74, 6) is 0.103. The maximum absolute atomic E-state index is 13.2. The van der Waals surface area contributed by atoms with Gasteiger partial charge in [-0.3, -0.25) is 9.48 Å². The second-order valence-electron chi connectivity index (χ2n) is 10.9. The molecule has 5 rings (SSSR count). The molecule has 208 valence electrons. The van der Waals surface area contributed by atoms with Crippen LogP contribution in [0, 0.1) is 0 Å². The van der Waals surface area contributed by atoms with Gasteiger partial charge in [0.15, 0.2) is 0 Å². The average Bonchev–Trinajstić information content (AvgIpc) is 3.56. The molecule has 0 bridgehead atoms. The summed E-state index contributed by atoms with van der Waals surface area (Å²) in [6.45, 7) is 8.26. The van der Waals surface area contributed by atoms with E-state index in [0.29, 0.717) is 19.1 Å². The third-order valence-electron chi connectivity index (χ3n) is 6.76. The van der Waals surface area contributed by atoms with Crippen LogP contribution in [0.1, 0.15) is 32.0 Å². The van der Waals surface area contributed by atoms with E-state index in [9.17, 15) is 9.59 Å². The van der Waals surface area contributed by atoms with Crippen LogP contribution in [0.25, 0.3) is 16.6 Å². The van der Waals surface area contributed by atoms with Gasteiger partial charge in [0.1, 0.15) is 5.60 Å². The number of ether oxygens (including phenoxy) is 1. The quantitative estimate of drug-likeness (QED) is 0.348. The molecule has 40 heavy (non-hydrogen) atoms. The number of piperazine rings is 1. The Labute approximate surface area is 236 Å². The highest BCUT2D eigenvalue weighted by Crippen LogP contribution is 2.26. The van der Waals surface area contributed by atoms with Crippen LogP contribution in [-0.2, 0) is 16.6 Å². The van der Waals surface area contributed by atoms with Gasteiger partial charge < -0.3 is 19.9 Å². The Morgan fingerprint density at radius 2 is 1.73 bits per heavy atom. The Balaban J connectivity index is 1.18. The van der Waals surface area contributed by atoms with Crippen molar-refractivity contribution in [1.29, 1.82) is 0 Å².